The van der Waals surface area contributed by atoms with Crippen molar-refractivity contribution in [3.63, 3.8) is 0 Å². The molecule has 17 heavy (non-hydrogen) atoms. The zero-order chi connectivity index (χ0) is 12.3. The monoisotopic (exact) mass is 269 g/mol. The van der Waals surface area contributed by atoms with E-state index in [9.17, 15) is 0 Å². The number of pyridine rings is 1. The fourth-order valence-electron chi connectivity index (χ4n) is 1.32. The summed E-state index contributed by atoms with van der Waals surface area (Å²) in [6.07, 6.45) is 0. The van der Waals surface area contributed by atoms with Crippen molar-refractivity contribution in [3.8, 4) is 5.88 Å². The molecule has 0 aromatic carbocycles. The summed E-state index contributed by atoms with van der Waals surface area (Å²) in [6, 6.07) is 7.32. The second-order valence-electron chi connectivity index (χ2n) is 3.35. The molecule has 0 spiro atoms. The number of hydrogen-bond donors (Lipinski definition) is 2. The van der Waals surface area contributed by atoms with Crippen molar-refractivity contribution in [1.29, 1.82) is 0 Å². The third-order valence-electron chi connectivity index (χ3n) is 2.17. The van der Waals surface area contributed by atoms with Gasteiger partial charge in [0.15, 0.2) is 5.82 Å². The van der Waals surface area contributed by atoms with Crippen LogP contribution in [0.15, 0.2) is 24.3 Å². The molecule has 0 fully saturated rings. The maximum atomic E-state index is 5.85. The first-order valence-electron chi connectivity index (χ1n) is 4.97. The lowest BCUT2D eigenvalue weighted by Crippen LogP contribution is -2.04. The second kappa shape index (κ2) is 5.25. The fourth-order valence-corrected chi connectivity index (χ4v) is 2.35. The molecule has 2 heterocycles. The van der Waals surface area contributed by atoms with Crippen molar-refractivity contribution in [3.05, 3.63) is 33.5 Å². The zero-order valence-electron chi connectivity index (χ0n) is 9.24. The van der Waals surface area contributed by atoms with Crippen LogP contribution in [0.1, 0.15) is 4.88 Å². The van der Waals surface area contributed by atoms with E-state index in [1.54, 1.807) is 19.2 Å². The number of nitrogens with two attached hydrogens (primary N) is 1. The Morgan fingerprint density at radius 2 is 2.24 bits per heavy atom. The topological polar surface area (TPSA) is 60.2 Å². The van der Waals surface area contributed by atoms with Crippen LogP contribution in [0, 0.1) is 0 Å². The smallest absolute Gasteiger partial charge is 0.215 e. The van der Waals surface area contributed by atoms with Crippen LogP contribution in [0.4, 0.5) is 11.5 Å². The van der Waals surface area contributed by atoms with Crippen LogP contribution in [-0.4, -0.2) is 12.1 Å². The second-order valence-corrected chi connectivity index (χ2v) is 5.15. The van der Waals surface area contributed by atoms with Gasteiger partial charge in [-0.3, -0.25) is 0 Å². The van der Waals surface area contributed by atoms with Gasteiger partial charge in [0.25, 0.3) is 0 Å². The highest BCUT2D eigenvalue weighted by atomic mass is 35.5. The van der Waals surface area contributed by atoms with Gasteiger partial charge in [0.2, 0.25) is 5.88 Å². The van der Waals surface area contributed by atoms with Crippen LogP contribution < -0.4 is 15.8 Å². The summed E-state index contributed by atoms with van der Waals surface area (Å²) >= 11 is 7.38. The first-order valence-corrected chi connectivity index (χ1v) is 6.17. The number of nitrogen functional groups attached to an aromatic ring is 1. The molecule has 2 aromatic rings. The van der Waals surface area contributed by atoms with Crippen LogP contribution in [0.5, 0.6) is 5.88 Å². The van der Waals surface area contributed by atoms with Gasteiger partial charge >= 0.3 is 0 Å². The normalized spacial score (nSPS) is 10.2. The van der Waals surface area contributed by atoms with E-state index in [1.165, 1.54) is 11.3 Å². The maximum Gasteiger partial charge on any atom is 0.215 e. The quantitative estimate of drug-likeness (QED) is 0.896. The molecular formula is C11H12ClN3OS. The van der Waals surface area contributed by atoms with Crippen molar-refractivity contribution in [2.45, 2.75) is 6.54 Å². The predicted molar refractivity (Wildman–Crippen MR) is 71.9 cm³/mol. The van der Waals surface area contributed by atoms with Gasteiger partial charge in [0.1, 0.15) is 0 Å². The summed E-state index contributed by atoms with van der Waals surface area (Å²) in [5.74, 6) is 1.15. The Balaban J connectivity index is 2.07. The number of methoxy groups -OCH3 is 1. The molecule has 0 aliphatic rings. The van der Waals surface area contributed by atoms with Crippen LogP contribution in [0.3, 0.4) is 0 Å². The molecule has 90 valence electrons. The number of nitrogens with one attached hydrogen (secondary N) is 1. The number of hydrogen-bond acceptors (Lipinski definition) is 5. The van der Waals surface area contributed by atoms with E-state index in [0.717, 1.165) is 9.21 Å². The minimum absolute atomic E-state index is 0.533. The van der Waals surface area contributed by atoms with Crippen molar-refractivity contribution in [2.24, 2.45) is 0 Å². The Bertz CT molecular complexity index is 515. The summed E-state index contributed by atoms with van der Waals surface area (Å²) in [5.41, 5.74) is 6.40. The summed E-state index contributed by atoms with van der Waals surface area (Å²) in [6.45, 7) is 0.641. The number of halogens is 1. The first-order chi connectivity index (χ1) is 8.19. The minimum Gasteiger partial charge on any atom is -0.481 e. The number of rotatable bonds is 4. The maximum absolute atomic E-state index is 5.85. The molecule has 0 saturated carbocycles. The highest BCUT2D eigenvalue weighted by molar-refractivity contribution is 7.16. The van der Waals surface area contributed by atoms with E-state index in [-0.39, 0.29) is 0 Å². The van der Waals surface area contributed by atoms with Crippen LogP contribution in [0.2, 0.25) is 4.34 Å². The Morgan fingerprint density at radius 3 is 2.88 bits per heavy atom. The van der Waals surface area contributed by atoms with E-state index in [4.69, 9.17) is 22.1 Å². The molecular weight excluding hydrogens is 258 g/mol. The summed E-state index contributed by atoms with van der Waals surface area (Å²) in [7, 11) is 1.57. The van der Waals surface area contributed by atoms with Crippen molar-refractivity contribution >= 4 is 34.4 Å². The van der Waals surface area contributed by atoms with Gasteiger partial charge in [0.05, 0.1) is 23.7 Å². The molecule has 0 amide bonds. The molecule has 4 nitrogen and oxygen atoms in total. The first kappa shape index (κ1) is 12.0. The molecule has 0 saturated heterocycles. The van der Waals surface area contributed by atoms with E-state index < -0.39 is 0 Å². The number of anilines is 2. The summed E-state index contributed by atoms with van der Waals surface area (Å²) in [5, 5.41) is 3.15. The number of thiophene rings is 1. The van der Waals surface area contributed by atoms with E-state index in [1.807, 2.05) is 12.1 Å². The Labute approximate surface area is 108 Å². The van der Waals surface area contributed by atoms with Crippen LogP contribution >= 0.6 is 22.9 Å². The molecule has 3 N–H and O–H groups in total. The third kappa shape index (κ3) is 3.01. The average molecular weight is 270 g/mol. The molecule has 2 aromatic heterocycles. The van der Waals surface area contributed by atoms with Crippen molar-refractivity contribution in [2.75, 3.05) is 18.2 Å². The van der Waals surface area contributed by atoms with Gasteiger partial charge in [-0.1, -0.05) is 11.6 Å². The van der Waals surface area contributed by atoms with Crippen molar-refractivity contribution < 1.29 is 4.74 Å². The van der Waals surface area contributed by atoms with Crippen LogP contribution in [-0.2, 0) is 6.54 Å². The lowest BCUT2D eigenvalue weighted by molar-refractivity contribution is 0.398. The molecule has 0 radical (unpaired) electrons. The summed E-state index contributed by atoms with van der Waals surface area (Å²) in [4.78, 5) is 5.35. The van der Waals surface area contributed by atoms with E-state index >= 15 is 0 Å². The molecule has 6 heteroatoms. The van der Waals surface area contributed by atoms with Gasteiger partial charge in [-0.15, -0.1) is 11.3 Å². The van der Waals surface area contributed by atoms with Crippen molar-refractivity contribution in [1.82, 2.24) is 4.98 Å². The minimum atomic E-state index is 0.533. The van der Waals surface area contributed by atoms with E-state index in [0.29, 0.717) is 23.9 Å². The molecule has 2 rings (SSSR count). The van der Waals surface area contributed by atoms with Gasteiger partial charge < -0.3 is 15.8 Å². The average Bonchev–Trinajstić information content (AvgIpc) is 2.74. The largest absolute Gasteiger partial charge is 0.481 e. The van der Waals surface area contributed by atoms with Crippen LogP contribution in [0.25, 0.3) is 0 Å². The van der Waals surface area contributed by atoms with Gasteiger partial charge in [-0.05, 0) is 18.2 Å². The highest BCUT2D eigenvalue weighted by Crippen LogP contribution is 2.24. The molecule has 0 aliphatic heterocycles. The van der Waals surface area contributed by atoms with E-state index in [2.05, 4.69) is 10.3 Å². The van der Waals surface area contributed by atoms with Gasteiger partial charge in [0, 0.05) is 10.9 Å². The fraction of sp³-hybridized carbons (Fsp3) is 0.182. The lowest BCUT2D eigenvalue weighted by atomic mass is 10.3. The Hall–Kier alpha value is -1.46. The van der Waals surface area contributed by atoms with Gasteiger partial charge in [-0.25, -0.2) is 0 Å². The summed E-state index contributed by atoms with van der Waals surface area (Å²) < 4.78 is 5.81. The molecule has 0 atom stereocenters. The molecule has 0 aliphatic carbocycles. The standard InChI is InChI=1S/C11H12ClN3OS/c1-16-10-5-3-8(13)11(15-10)14-6-7-2-4-9(12)17-7/h2-5H,6,13H2,1H3,(H,14,15). The number of aromatic nitrogens is 1. The third-order valence-corrected chi connectivity index (χ3v) is 3.40. The predicted octanol–water partition coefficient (Wildman–Crippen LogP) is 3.00. The number of ether oxygens (including phenoxy) is 1. The Kier molecular flexibility index (Phi) is 3.71. The zero-order valence-corrected chi connectivity index (χ0v) is 10.8. The molecule has 0 bridgehead atoms. The SMILES string of the molecule is COc1ccc(N)c(NCc2ccc(Cl)s2)n1. The lowest BCUT2D eigenvalue weighted by Gasteiger charge is -2.08. The molecule has 0 unspecified atom stereocenters. The Morgan fingerprint density at radius 1 is 1.41 bits per heavy atom. The van der Waals surface area contributed by atoms with Gasteiger partial charge in [-0.2, -0.15) is 4.98 Å². The number of nitrogens with zero attached hydrogens (tertiary/aromatic N) is 1. The highest BCUT2D eigenvalue weighted by Gasteiger charge is 2.04.